The lowest BCUT2D eigenvalue weighted by molar-refractivity contribution is 0.527. The summed E-state index contributed by atoms with van der Waals surface area (Å²) in [5.74, 6) is 0.448. The Morgan fingerprint density at radius 2 is 2.33 bits per heavy atom. The van der Waals surface area contributed by atoms with Crippen molar-refractivity contribution in [1.29, 1.82) is 0 Å². The third-order valence-corrected chi connectivity index (χ3v) is 2.70. The predicted molar refractivity (Wildman–Crippen MR) is 49.1 cm³/mol. The molecule has 1 rings (SSSR count). The van der Waals surface area contributed by atoms with E-state index < -0.39 is 0 Å². The molecule has 2 unspecified atom stereocenters. The van der Waals surface area contributed by atoms with Gasteiger partial charge in [-0.3, -0.25) is 0 Å². The molecule has 2 atom stereocenters. The van der Waals surface area contributed by atoms with Crippen molar-refractivity contribution < 1.29 is 0 Å². The van der Waals surface area contributed by atoms with Crippen LogP contribution < -0.4 is 0 Å². The SMILES string of the molecule is CCC(C)C(Cl)c1cnn(C)n1. The van der Waals surface area contributed by atoms with Crippen molar-refractivity contribution in [3.63, 3.8) is 0 Å². The van der Waals surface area contributed by atoms with Gasteiger partial charge < -0.3 is 0 Å². The fraction of sp³-hybridized carbons (Fsp3) is 0.750. The first-order valence-corrected chi connectivity index (χ1v) is 4.59. The molecule has 0 aliphatic carbocycles. The van der Waals surface area contributed by atoms with Crippen molar-refractivity contribution in [3.8, 4) is 0 Å². The molecule has 0 aliphatic heterocycles. The van der Waals surface area contributed by atoms with Gasteiger partial charge in [-0.15, -0.1) is 11.6 Å². The summed E-state index contributed by atoms with van der Waals surface area (Å²) in [4.78, 5) is 1.53. The van der Waals surface area contributed by atoms with Crippen LogP contribution in [-0.2, 0) is 7.05 Å². The molecule has 12 heavy (non-hydrogen) atoms. The van der Waals surface area contributed by atoms with E-state index >= 15 is 0 Å². The quantitative estimate of drug-likeness (QED) is 0.679. The zero-order chi connectivity index (χ0) is 9.14. The summed E-state index contributed by atoms with van der Waals surface area (Å²) >= 11 is 6.15. The monoisotopic (exact) mass is 187 g/mol. The maximum Gasteiger partial charge on any atom is 0.101 e. The van der Waals surface area contributed by atoms with Crippen molar-refractivity contribution in [2.75, 3.05) is 0 Å². The second-order valence-corrected chi connectivity index (χ2v) is 3.52. The Morgan fingerprint density at radius 3 is 2.75 bits per heavy atom. The van der Waals surface area contributed by atoms with E-state index in [4.69, 9.17) is 11.6 Å². The minimum absolute atomic E-state index is 0.0105. The van der Waals surface area contributed by atoms with Gasteiger partial charge in [0, 0.05) is 7.05 Å². The van der Waals surface area contributed by atoms with Crippen LogP contribution in [0.1, 0.15) is 31.3 Å². The van der Waals surface area contributed by atoms with Crippen LogP contribution in [0.2, 0.25) is 0 Å². The molecule has 0 aliphatic rings. The van der Waals surface area contributed by atoms with Crippen molar-refractivity contribution >= 4 is 11.6 Å². The van der Waals surface area contributed by atoms with Gasteiger partial charge in [-0.1, -0.05) is 20.3 Å². The van der Waals surface area contributed by atoms with Crippen molar-refractivity contribution in [1.82, 2.24) is 15.0 Å². The van der Waals surface area contributed by atoms with Gasteiger partial charge in [0.15, 0.2) is 0 Å². The number of nitrogens with zero attached hydrogens (tertiary/aromatic N) is 3. The molecule has 0 radical (unpaired) electrons. The van der Waals surface area contributed by atoms with Gasteiger partial charge in [0.05, 0.1) is 11.6 Å². The summed E-state index contributed by atoms with van der Waals surface area (Å²) in [7, 11) is 1.80. The van der Waals surface area contributed by atoms with Crippen LogP contribution in [0.3, 0.4) is 0 Å². The van der Waals surface area contributed by atoms with Crippen LogP contribution in [0.4, 0.5) is 0 Å². The fourth-order valence-corrected chi connectivity index (χ4v) is 1.26. The predicted octanol–water partition coefficient (Wildman–Crippen LogP) is 2.14. The van der Waals surface area contributed by atoms with Crippen LogP contribution in [-0.4, -0.2) is 15.0 Å². The van der Waals surface area contributed by atoms with Crippen LogP contribution in [0.5, 0.6) is 0 Å². The lowest BCUT2D eigenvalue weighted by atomic mass is 10.0. The maximum atomic E-state index is 6.15. The van der Waals surface area contributed by atoms with Crippen LogP contribution in [0.25, 0.3) is 0 Å². The van der Waals surface area contributed by atoms with Gasteiger partial charge in [0.25, 0.3) is 0 Å². The van der Waals surface area contributed by atoms with E-state index in [-0.39, 0.29) is 5.38 Å². The molecule has 68 valence electrons. The van der Waals surface area contributed by atoms with Gasteiger partial charge in [-0.2, -0.15) is 15.0 Å². The van der Waals surface area contributed by atoms with Gasteiger partial charge in [0.1, 0.15) is 5.69 Å². The third-order valence-electron chi connectivity index (χ3n) is 2.04. The van der Waals surface area contributed by atoms with E-state index in [2.05, 4.69) is 24.0 Å². The molecule has 3 nitrogen and oxygen atoms in total. The van der Waals surface area contributed by atoms with E-state index in [9.17, 15) is 0 Å². The summed E-state index contributed by atoms with van der Waals surface area (Å²) in [5.41, 5.74) is 0.869. The zero-order valence-corrected chi connectivity index (χ0v) is 8.41. The lowest BCUT2D eigenvalue weighted by Crippen LogP contribution is -2.04. The first-order valence-electron chi connectivity index (χ1n) is 4.15. The summed E-state index contributed by atoms with van der Waals surface area (Å²) in [5, 5.41) is 8.12. The minimum atomic E-state index is -0.0105. The maximum absolute atomic E-state index is 6.15. The standard InChI is InChI=1S/C8H14ClN3/c1-4-6(2)8(9)7-5-10-12(3)11-7/h5-6,8H,4H2,1-3H3. The first kappa shape index (κ1) is 9.52. The lowest BCUT2D eigenvalue weighted by Gasteiger charge is -2.12. The number of alkyl halides is 1. The molecular formula is C8H14ClN3. The smallest absolute Gasteiger partial charge is 0.101 e. The first-order chi connectivity index (χ1) is 5.65. The van der Waals surface area contributed by atoms with Crippen LogP contribution >= 0.6 is 11.6 Å². The molecular weight excluding hydrogens is 174 g/mol. The molecule has 1 aromatic rings. The molecule has 1 aromatic heterocycles. The Balaban J connectivity index is 2.70. The molecule has 0 fully saturated rings. The summed E-state index contributed by atoms with van der Waals surface area (Å²) in [6.45, 7) is 4.24. The largest absolute Gasteiger partial charge is 0.188 e. The van der Waals surface area contributed by atoms with E-state index in [0.717, 1.165) is 12.1 Å². The van der Waals surface area contributed by atoms with Crippen molar-refractivity contribution in [3.05, 3.63) is 11.9 Å². The van der Waals surface area contributed by atoms with Gasteiger partial charge in [-0.25, -0.2) is 0 Å². The molecule has 0 spiro atoms. The molecule has 0 N–H and O–H groups in total. The van der Waals surface area contributed by atoms with E-state index in [1.165, 1.54) is 4.80 Å². The van der Waals surface area contributed by atoms with E-state index in [1.54, 1.807) is 13.2 Å². The molecule has 4 heteroatoms. The summed E-state index contributed by atoms with van der Waals surface area (Å²) in [6.07, 6.45) is 2.79. The summed E-state index contributed by atoms with van der Waals surface area (Å²) in [6, 6.07) is 0. The second-order valence-electron chi connectivity index (χ2n) is 3.05. The molecule has 0 aromatic carbocycles. The number of rotatable bonds is 3. The van der Waals surface area contributed by atoms with Gasteiger partial charge >= 0.3 is 0 Å². The average molecular weight is 188 g/mol. The molecule has 0 bridgehead atoms. The number of aryl methyl sites for hydroxylation is 1. The zero-order valence-electron chi connectivity index (χ0n) is 7.66. The van der Waals surface area contributed by atoms with Gasteiger partial charge in [0.2, 0.25) is 0 Å². The Kier molecular flexibility index (Phi) is 3.09. The highest BCUT2D eigenvalue weighted by Gasteiger charge is 2.17. The van der Waals surface area contributed by atoms with E-state index in [1.807, 2.05) is 0 Å². The average Bonchev–Trinajstić information content (AvgIpc) is 2.49. The topological polar surface area (TPSA) is 30.7 Å². The highest BCUT2D eigenvalue weighted by atomic mass is 35.5. The van der Waals surface area contributed by atoms with Gasteiger partial charge in [-0.05, 0) is 5.92 Å². The van der Waals surface area contributed by atoms with Crippen LogP contribution in [0, 0.1) is 5.92 Å². The molecule has 0 amide bonds. The Hall–Kier alpha value is -0.570. The highest BCUT2D eigenvalue weighted by molar-refractivity contribution is 6.20. The van der Waals surface area contributed by atoms with E-state index in [0.29, 0.717) is 5.92 Å². The second kappa shape index (κ2) is 3.90. The number of hydrogen-bond donors (Lipinski definition) is 0. The normalized spacial score (nSPS) is 16.0. The van der Waals surface area contributed by atoms with Crippen LogP contribution in [0.15, 0.2) is 6.20 Å². The number of aromatic nitrogens is 3. The number of halogens is 1. The fourth-order valence-electron chi connectivity index (χ4n) is 0.986. The summed E-state index contributed by atoms with van der Waals surface area (Å²) < 4.78 is 0. The Labute approximate surface area is 77.7 Å². The number of hydrogen-bond acceptors (Lipinski definition) is 2. The molecule has 0 saturated heterocycles. The van der Waals surface area contributed by atoms with Crippen molar-refractivity contribution in [2.45, 2.75) is 25.6 Å². The Morgan fingerprint density at radius 1 is 1.67 bits per heavy atom. The molecule has 0 saturated carbocycles. The Bertz CT molecular complexity index is 246. The third kappa shape index (κ3) is 1.97. The minimum Gasteiger partial charge on any atom is -0.188 e. The molecule has 1 heterocycles. The highest BCUT2D eigenvalue weighted by Crippen LogP contribution is 2.28. The van der Waals surface area contributed by atoms with Crippen molar-refractivity contribution in [2.24, 2.45) is 13.0 Å².